The summed E-state index contributed by atoms with van der Waals surface area (Å²) in [6.07, 6.45) is 29.3. The minimum atomic E-state index is -4.05. The van der Waals surface area contributed by atoms with Crippen molar-refractivity contribution in [3.05, 3.63) is 91.5 Å². The molecule has 1 aliphatic carbocycles. The molecule has 8 bridgehead atoms. The molecule has 16 heteroatoms. The smallest absolute Gasteiger partial charge is 0.474 e. The van der Waals surface area contributed by atoms with E-state index in [2.05, 4.69) is 65.9 Å². The number of rotatable bonds is 38. The Hall–Kier alpha value is -4.50. The van der Waals surface area contributed by atoms with Crippen LogP contribution in [0.4, 0.5) is 0 Å². The van der Waals surface area contributed by atoms with Crippen molar-refractivity contribution in [3.8, 4) is 0 Å². The third-order valence-electron chi connectivity index (χ3n) is 16.7. The van der Waals surface area contributed by atoms with Crippen LogP contribution in [0.2, 0.25) is 0 Å². The van der Waals surface area contributed by atoms with Crippen LogP contribution >= 0.6 is 7.82 Å². The highest BCUT2D eigenvalue weighted by molar-refractivity contribution is 7.48. The number of fused-ring (bicyclic) bond motifs is 5. The Morgan fingerprint density at radius 3 is 1.99 bits per heavy atom. The van der Waals surface area contributed by atoms with Crippen LogP contribution in [0.3, 0.4) is 0 Å². The molecule has 5 unspecified atom stereocenters. The molecule has 0 spiro atoms. The van der Waals surface area contributed by atoms with E-state index in [0.29, 0.717) is 26.0 Å². The van der Waals surface area contributed by atoms with Gasteiger partial charge in [-0.25, -0.2) is 19.5 Å². The van der Waals surface area contributed by atoms with Gasteiger partial charge in [0.05, 0.1) is 53.5 Å². The van der Waals surface area contributed by atoms with Gasteiger partial charge < -0.3 is 29.5 Å². The number of nitrogens with zero attached hydrogens (tertiary/aromatic N) is 4. The second kappa shape index (κ2) is 33.1. The highest BCUT2D eigenvalue weighted by Crippen LogP contribution is 2.49. The Balaban J connectivity index is 1.20. The number of phosphoric acid groups is 1. The van der Waals surface area contributed by atoms with Gasteiger partial charge in [-0.1, -0.05) is 137 Å². The van der Waals surface area contributed by atoms with Crippen molar-refractivity contribution in [3.63, 3.8) is 0 Å². The summed E-state index contributed by atoms with van der Waals surface area (Å²) in [4.78, 5) is 44.9. The lowest BCUT2D eigenvalue weighted by atomic mass is 9.86. The molecule has 0 radical (unpaired) electrons. The molecule has 15 nitrogen and oxygen atoms in total. The standard InChI is InChI=1S/C65H100N5O10P/c1-12-15-17-19-21-22-23-24-25-26-27-28-30-32-60(72)77-42-49(43-79-81(74,75-11)78-37-35-70(9)10)80-61(73)34-33-51-45(5)54-39-55-46(6)62(48(8)76-36-31-29-20-18-16-13-2)58(67-55)41-53-44(4)50(14-3)57(66-53)40-56-47(7)63-59(71)38-52(64(51)68-54)65(63)69-56/h39-41,45,48-49,51,68,71H,12-38,42-43H2,1-11H3. The normalized spacial score (nSPS) is 20.2. The zero-order valence-electron chi connectivity index (χ0n) is 51.4. The highest BCUT2D eigenvalue weighted by Gasteiger charge is 2.42. The zero-order chi connectivity index (χ0) is 58.5. The molecule has 5 atom stereocenters. The molecular formula is C65H100N5O10P. The zero-order valence-corrected chi connectivity index (χ0v) is 52.3. The number of unbranched alkanes of at least 4 members (excludes halogenated alkanes) is 17. The molecule has 6 rings (SSSR count). The molecule has 1 fully saturated rings. The number of carbonyl (C=O) groups excluding carboxylic acids is 2. The van der Waals surface area contributed by atoms with Gasteiger partial charge in [-0.05, 0) is 108 Å². The number of esters is 2. The molecule has 81 heavy (non-hydrogen) atoms. The Morgan fingerprint density at radius 1 is 0.741 bits per heavy atom. The van der Waals surface area contributed by atoms with Crippen LogP contribution in [-0.2, 0) is 41.9 Å². The van der Waals surface area contributed by atoms with Gasteiger partial charge in [0.25, 0.3) is 0 Å². The Kier molecular flexibility index (Phi) is 26.8. The largest absolute Gasteiger partial charge is 0.511 e. The van der Waals surface area contributed by atoms with E-state index in [1.165, 1.54) is 90.6 Å². The first-order chi connectivity index (χ1) is 39.0. The summed E-state index contributed by atoms with van der Waals surface area (Å²) in [5.74, 6) is -1.03. The summed E-state index contributed by atoms with van der Waals surface area (Å²) in [6.45, 7) is 17.7. The van der Waals surface area contributed by atoms with Crippen molar-refractivity contribution in [2.24, 2.45) is 26.8 Å². The van der Waals surface area contributed by atoms with Crippen molar-refractivity contribution >= 4 is 36.9 Å². The molecule has 2 N–H and O–H groups in total. The van der Waals surface area contributed by atoms with Gasteiger partial charge in [0.1, 0.15) is 12.4 Å². The van der Waals surface area contributed by atoms with Crippen LogP contribution in [-0.4, -0.2) is 105 Å². The number of hydrogen-bond acceptors (Lipinski definition) is 15. The number of aliphatic imine (C=N–C) groups is 3. The quantitative estimate of drug-likeness (QED) is 0.0340. The lowest BCUT2D eigenvalue weighted by Crippen LogP contribution is -2.30. The van der Waals surface area contributed by atoms with E-state index >= 15 is 0 Å². The molecule has 5 heterocycles. The highest BCUT2D eigenvalue weighted by atomic mass is 31.2. The van der Waals surface area contributed by atoms with E-state index in [0.717, 1.165) is 123 Å². The number of aliphatic hydroxyl groups is 1. The average molecular weight is 1140 g/mol. The monoisotopic (exact) mass is 1140 g/mol. The summed E-state index contributed by atoms with van der Waals surface area (Å²) < 4.78 is 48.3. The number of allylic oxidation sites excluding steroid dienone is 11. The van der Waals surface area contributed by atoms with E-state index in [1.54, 1.807) is 0 Å². The van der Waals surface area contributed by atoms with E-state index in [9.17, 15) is 19.3 Å². The second-order valence-electron chi connectivity index (χ2n) is 23.2. The van der Waals surface area contributed by atoms with E-state index in [-0.39, 0.29) is 62.8 Å². The summed E-state index contributed by atoms with van der Waals surface area (Å²) in [5, 5.41) is 15.5. The molecule has 1 saturated heterocycles. The van der Waals surface area contributed by atoms with Crippen molar-refractivity contribution < 1.29 is 47.0 Å². The average Bonchev–Trinajstić information content (AvgIpc) is 4.22. The fraction of sp³-hybridized carbons (Fsp3) is 0.677. The maximum Gasteiger partial charge on any atom is 0.474 e. The summed E-state index contributed by atoms with van der Waals surface area (Å²) in [6, 6.07) is 0. The van der Waals surface area contributed by atoms with Crippen LogP contribution in [0, 0.1) is 11.8 Å². The van der Waals surface area contributed by atoms with Crippen molar-refractivity contribution in [2.45, 2.75) is 222 Å². The van der Waals surface area contributed by atoms with E-state index in [1.807, 2.05) is 32.0 Å². The van der Waals surface area contributed by atoms with E-state index in [4.69, 9.17) is 42.8 Å². The van der Waals surface area contributed by atoms with Crippen molar-refractivity contribution in [1.29, 1.82) is 0 Å². The fourth-order valence-corrected chi connectivity index (χ4v) is 12.6. The molecule has 0 aromatic carbocycles. The number of hydrogen-bond donors (Lipinski definition) is 2. The predicted molar refractivity (Wildman–Crippen MR) is 326 cm³/mol. The van der Waals surface area contributed by atoms with Crippen molar-refractivity contribution in [1.82, 2.24) is 10.2 Å². The topological polar surface area (TPSA) is 179 Å². The van der Waals surface area contributed by atoms with Gasteiger partial charge in [0.15, 0.2) is 6.10 Å². The molecule has 0 aromatic heterocycles. The van der Waals surface area contributed by atoms with Gasteiger partial charge >= 0.3 is 19.8 Å². The number of likely N-dealkylation sites (N-methyl/N-ethyl adjacent to an activating group) is 1. The second-order valence-corrected chi connectivity index (χ2v) is 25.0. The van der Waals surface area contributed by atoms with Crippen LogP contribution < -0.4 is 5.32 Å². The number of carbonyl (C=O) groups is 2. The number of ether oxygens (including phenoxy) is 3. The minimum absolute atomic E-state index is 0.00520. The third kappa shape index (κ3) is 18.7. The predicted octanol–water partition coefficient (Wildman–Crippen LogP) is 15.5. The van der Waals surface area contributed by atoms with Gasteiger partial charge in [0, 0.05) is 79.5 Å². The molecule has 5 aliphatic heterocycles. The van der Waals surface area contributed by atoms with E-state index < -0.39 is 25.9 Å². The first-order valence-electron chi connectivity index (χ1n) is 31.1. The summed E-state index contributed by atoms with van der Waals surface area (Å²) >= 11 is 0. The first kappa shape index (κ1) is 65.7. The molecule has 6 aliphatic rings. The Labute approximate surface area is 486 Å². The van der Waals surface area contributed by atoms with Gasteiger partial charge in [0.2, 0.25) is 0 Å². The third-order valence-corrected chi connectivity index (χ3v) is 18.1. The number of nitrogens with one attached hydrogen (secondary N) is 1. The minimum Gasteiger partial charge on any atom is -0.511 e. The lowest BCUT2D eigenvalue weighted by molar-refractivity contribution is -0.161. The molecule has 0 saturated carbocycles. The lowest BCUT2D eigenvalue weighted by Gasteiger charge is -2.22. The number of aliphatic hydroxyl groups excluding tert-OH is 1. The maximum atomic E-state index is 14.2. The SMILES string of the molecule is CCCCCCCCCCCCCCCC(=O)OCC(COP(=O)(OC)OCCN(C)C)OC(=O)CCC1C2=C3CC(O)=C4C3=NC(=C4C)C=C3N=C(C=C4N=C(C=C(N2)C1C)C(C)=C4C(C)OCCCCCCCC)C(C)=C3CC. The molecule has 450 valence electrons. The summed E-state index contributed by atoms with van der Waals surface area (Å²) in [7, 11) is 0.923. The van der Waals surface area contributed by atoms with Gasteiger partial charge in [-0.2, -0.15) is 0 Å². The molecule has 0 amide bonds. The molecular weight excluding hydrogens is 1040 g/mol. The maximum absolute atomic E-state index is 14.2. The van der Waals surface area contributed by atoms with Gasteiger partial charge in [-0.3, -0.25) is 23.2 Å². The van der Waals surface area contributed by atoms with Crippen molar-refractivity contribution in [2.75, 3.05) is 54.2 Å². The van der Waals surface area contributed by atoms with Gasteiger partial charge in [-0.15, -0.1) is 0 Å². The van der Waals surface area contributed by atoms with Crippen LogP contribution in [0.5, 0.6) is 0 Å². The molecule has 0 aromatic rings. The van der Waals surface area contributed by atoms with Crippen LogP contribution in [0.1, 0.15) is 209 Å². The van der Waals surface area contributed by atoms with Crippen LogP contribution in [0.15, 0.2) is 106 Å². The van der Waals surface area contributed by atoms with Crippen LogP contribution in [0.25, 0.3) is 0 Å². The fourth-order valence-electron chi connectivity index (χ4n) is 11.7. The Morgan fingerprint density at radius 2 is 1.36 bits per heavy atom. The first-order valence-corrected chi connectivity index (χ1v) is 32.5. The summed E-state index contributed by atoms with van der Waals surface area (Å²) in [5.41, 5.74) is 13.4. The number of phosphoric ester groups is 1. The Bertz CT molecular complexity index is 2610.